The summed E-state index contributed by atoms with van der Waals surface area (Å²) in [5.41, 5.74) is 2.84. The monoisotopic (exact) mass is 318 g/mol. The molecule has 116 valence electrons. The molecule has 1 aliphatic heterocycles. The van der Waals surface area contributed by atoms with E-state index in [0.717, 1.165) is 25.3 Å². The van der Waals surface area contributed by atoms with E-state index in [1.165, 1.54) is 16.0 Å². The minimum absolute atomic E-state index is 0.312. The second kappa shape index (κ2) is 7.14. The average Bonchev–Trinajstić information content (AvgIpc) is 2.54. The van der Waals surface area contributed by atoms with E-state index in [9.17, 15) is 5.11 Å². The Bertz CT molecular complexity index is 615. The Morgan fingerprint density at radius 2 is 1.82 bits per heavy atom. The lowest BCUT2D eigenvalue weighted by molar-refractivity contribution is -0.918. The van der Waals surface area contributed by atoms with Crippen LogP contribution in [0.1, 0.15) is 11.1 Å². The molecule has 0 bridgehead atoms. The molecule has 0 saturated heterocycles. The molecule has 1 heterocycles. The van der Waals surface area contributed by atoms with Crippen molar-refractivity contribution in [2.24, 2.45) is 0 Å². The Morgan fingerprint density at radius 3 is 2.59 bits per heavy atom. The van der Waals surface area contributed by atoms with Gasteiger partial charge in [0.25, 0.3) is 0 Å². The predicted octanol–water partition coefficient (Wildman–Crippen LogP) is 1.72. The van der Waals surface area contributed by atoms with E-state index in [1.807, 2.05) is 12.1 Å². The molecule has 2 aromatic rings. The molecule has 3 nitrogen and oxygen atoms in total. The van der Waals surface area contributed by atoms with Crippen LogP contribution in [0.15, 0.2) is 48.5 Å². The van der Waals surface area contributed by atoms with Gasteiger partial charge < -0.3 is 14.7 Å². The second-order valence-corrected chi connectivity index (χ2v) is 6.25. The first-order valence-electron chi connectivity index (χ1n) is 7.67. The molecule has 3 rings (SSSR count). The predicted molar refractivity (Wildman–Crippen MR) is 87.5 cm³/mol. The number of nitrogens with one attached hydrogen (secondary N) is 1. The summed E-state index contributed by atoms with van der Waals surface area (Å²) in [6, 6.07) is 15.8. The maximum Gasteiger partial charge on any atom is 0.137 e. The molecule has 0 amide bonds. The zero-order chi connectivity index (χ0) is 15.4. The molecule has 2 N–H and O–H groups in total. The van der Waals surface area contributed by atoms with Gasteiger partial charge in [-0.3, -0.25) is 0 Å². The summed E-state index contributed by atoms with van der Waals surface area (Å²) in [4.78, 5) is 1.41. The molecule has 0 aliphatic carbocycles. The van der Waals surface area contributed by atoms with E-state index in [-0.39, 0.29) is 0 Å². The molecular weight excluding hydrogens is 298 g/mol. The van der Waals surface area contributed by atoms with Crippen LogP contribution in [0.5, 0.6) is 5.75 Å². The molecule has 1 unspecified atom stereocenters. The molecule has 0 fully saturated rings. The number of fused-ring (bicyclic) bond motifs is 1. The summed E-state index contributed by atoms with van der Waals surface area (Å²) < 4.78 is 5.61. The van der Waals surface area contributed by atoms with Crippen LogP contribution >= 0.6 is 11.6 Å². The molecule has 0 aromatic heterocycles. The highest BCUT2D eigenvalue weighted by Crippen LogP contribution is 2.15. The standard InChI is InChI=1S/C18H20ClNO2/c19-16-5-7-18(8-6-16)22-13-17(21)12-20-10-9-14-3-1-2-4-15(14)11-20/h1-8,17,21H,9-13H2/p+1/t17-/m0/s1. The topological polar surface area (TPSA) is 33.9 Å². The van der Waals surface area contributed by atoms with E-state index in [1.54, 1.807) is 12.1 Å². The second-order valence-electron chi connectivity index (χ2n) is 5.82. The zero-order valence-corrected chi connectivity index (χ0v) is 13.2. The molecule has 1 aliphatic rings. The fourth-order valence-electron chi connectivity index (χ4n) is 2.93. The van der Waals surface area contributed by atoms with Gasteiger partial charge in [0.15, 0.2) is 0 Å². The van der Waals surface area contributed by atoms with E-state index >= 15 is 0 Å². The van der Waals surface area contributed by atoms with Crippen molar-refractivity contribution >= 4 is 11.6 Å². The van der Waals surface area contributed by atoms with E-state index in [4.69, 9.17) is 16.3 Å². The molecule has 0 saturated carbocycles. The number of quaternary nitrogens is 1. The van der Waals surface area contributed by atoms with Crippen molar-refractivity contribution in [3.8, 4) is 5.75 Å². The van der Waals surface area contributed by atoms with Crippen LogP contribution in [0.3, 0.4) is 0 Å². The summed E-state index contributed by atoms with van der Waals surface area (Å²) >= 11 is 5.84. The Hall–Kier alpha value is -1.55. The van der Waals surface area contributed by atoms with Crippen LogP contribution in [0, 0.1) is 0 Å². The summed E-state index contributed by atoms with van der Waals surface area (Å²) in [7, 11) is 0. The van der Waals surface area contributed by atoms with Gasteiger partial charge in [-0.1, -0.05) is 35.9 Å². The highest BCUT2D eigenvalue weighted by molar-refractivity contribution is 6.30. The number of benzene rings is 2. The van der Waals surface area contributed by atoms with E-state index in [0.29, 0.717) is 18.2 Å². The van der Waals surface area contributed by atoms with Gasteiger partial charge >= 0.3 is 0 Å². The fourth-order valence-corrected chi connectivity index (χ4v) is 3.06. The summed E-state index contributed by atoms with van der Waals surface area (Å²) in [6.07, 6.45) is 0.618. The van der Waals surface area contributed by atoms with Crippen molar-refractivity contribution in [2.45, 2.75) is 19.1 Å². The average molecular weight is 319 g/mol. The van der Waals surface area contributed by atoms with Gasteiger partial charge in [-0.25, -0.2) is 0 Å². The van der Waals surface area contributed by atoms with Gasteiger partial charge in [-0.05, 0) is 29.8 Å². The first-order valence-corrected chi connectivity index (χ1v) is 8.05. The van der Waals surface area contributed by atoms with E-state index in [2.05, 4.69) is 24.3 Å². The number of rotatable bonds is 5. The SMILES string of the molecule is O[C@H](COc1ccc(Cl)cc1)C[NH+]1CCc2ccccc2C1. The Balaban J connectivity index is 1.48. The molecule has 2 aromatic carbocycles. The van der Waals surface area contributed by atoms with Crippen LogP contribution in [0.4, 0.5) is 0 Å². The Morgan fingerprint density at radius 1 is 1.09 bits per heavy atom. The molecule has 2 atom stereocenters. The van der Waals surface area contributed by atoms with Crippen LogP contribution in [0.2, 0.25) is 5.02 Å². The molecule has 22 heavy (non-hydrogen) atoms. The minimum Gasteiger partial charge on any atom is -0.491 e. The molecular formula is C18H21ClNO2+. The minimum atomic E-state index is -0.462. The molecule has 0 radical (unpaired) electrons. The zero-order valence-electron chi connectivity index (χ0n) is 12.5. The lowest BCUT2D eigenvalue weighted by Gasteiger charge is -2.27. The van der Waals surface area contributed by atoms with Crippen molar-refractivity contribution < 1.29 is 14.7 Å². The van der Waals surface area contributed by atoms with Crippen molar-refractivity contribution in [3.63, 3.8) is 0 Å². The largest absolute Gasteiger partial charge is 0.491 e. The van der Waals surface area contributed by atoms with Crippen molar-refractivity contribution in [3.05, 3.63) is 64.7 Å². The van der Waals surface area contributed by atoms with Gasteiger partial charge in [0.05, 0.1) is 6.54 Å². The van der Waals surface area contributed by atoms with Gasteiger partial charge in [0.2, 0.25) is 0 Å². The third kappa shape index (κ3) is 4.01. The maximum atomic E-state index is 10.2. The number of aliphatic hydroxyl groups excluding tert-OH is 1. The van der Waals surface area contributed by atoms with Crippen molar-refractivity contribution in [1.29, 1.82) is 0 Å². The third-order valence-electron chi connectivity index (χ3n) is 4.09. The quantitative estimate of drug-likeness (QED) is 0.880. The number of ether oxygens (including phenoxy) is 1. The van der Waals surface area contributed by atoms with Crippen molar-refractivity contribution in [1.82, 2.24) is 0 Å². The summed E-state index contributed by atoms with van der Waals surface area (Å²) in [5, 5.41) is 10.9. The highest BCUT2D eigenvalue weighted by atomic mass is 35.5. The first-order chi connectivity index (χ1) is 10.7. The van der Waals surface area contributed by atoms with Gasteiger partial charge in [-0.2, -0.15) is 0 Å². The van der Waals surface area contributed by atoms with Gasteiger partial charge in [-0.15, -0.1) is 0 Å². The van der Waals surface area contributed by atoms with Crippen molar-refractivity contribution in [2.75, 3.05) is 19.7 Å². The smallest absolute Gasteiger partial charge is 0.137 e. The highest BCUT2D eigenvalue weighted by Gasteiger charge is 2.21. The van der Waals surface area contributed by atoms with Crippen LogP contribution in [-0.2, 0) is 13.0 Å². The van der Waals surface area contributed by atoms with Gasteiger partial charge in [0.1, 0.15) is 31.5 Å². The van der Waals surface area contributed by atoms with Gasteiger partial charge in [0, 0.05) is 17.0 Å². The third-order valence-corrected chi connectivity index (χ3v) is 4.34. The Labute approximate surface area is 136 Å². The molecule has 0 spiro atoms. The lowest BCUT2D eigenvalue weighted by atomic mass is 10.00. The number of hydrogen-bond acceptors (Lipinski definition) is 2. The Kier molecular flexibility index (Phi) is 4.98. The summed E-state index contributed by atoms with van der Waals surface area (Å²) in [6.45, 7) is 3.07. The van der Waals surface area contributed by atoms with E-state index < -0.39 is 6.10 Å². The van der Waals surface area contributed by atoms with Crippen LogP contribution in [-0.4, -0.2) is 30.9 Å². The fraction of sp³-hybridized carbons (Fsp3) is 0.333. The normalized spacial score (nSPS) is 18.5. The summed E-state index contributed by atoms with van der Waals surface area (Å²) in [5.74, 6) is 0.738. The lowest BCUT2D eigenvalue weighted by Crippen LogP contribution is -3.13. The molecule has 4 heteroatoms. The van der Waals surface area contributed by atoms with Crippen LogP contribution in [0.25, 0.3) is 0 Å². The van der Waals surface area contributed by atoms with Crippen LogP contribution < -0.4 is 9.64 Å². The number of hydrogen-bond donors (Lipinski definition) is 2. The number of halogens is 1. The first kappa shape index (κ1) is 15.3. The maximum absolute atomic E-state index is 10.2. The number of aliphatic hydroxyl groups is 1.